The van der Waals surface area contributed by atoms with Crippen LogP contribution in [-0.2, 0) is 0 Å². The number of thioether (sulfide) groups is 1. The van der Waals surface area contributed by atoms with Crippen LogP contribution in [0.4, 0.5) is 0 Å². The molecule has 2 nitrogen and oxygen atoms in total. The molecule has 0 radical (unpaired) electrons. The van der Waals surface area contributed by atoms with Gasteiger partial charge >= 0.3 is 0 Å². The van der Waals surface area contributed by atoms with E-state index < -0.39 is 0 Å². The average molecular weight is 314 g/mol. The van der Waals surface area contributed by atoms with Gasteiger partial charge in [0.15, 0.2) is 0 Å². The molecule has 1 unspecified atom stereocenters. The third-order valence-electron chi connectivity index (χ3n) is 3.97. The molecule has 0 spiro atoms. The molecular formula is C16H27NOS2. The van der Waals surface area contributed by atoms with Gasteiger partial charge in [-0.15, -0.1) is 23.1 Å². The SMILES string of the molecule is CCCSc1ccc(C(O)CCN2CCC(C)CC2)s1. The summed E-state index contributed by atoms with van der Waals surface area (Å²) < 4.78 is 1.34. The summed E-state index contributed by atoms with van der Waals surface area (Å²) in [5.74, 6) is 2.05. The van der Waals surface area contributed by atoms with Crippen molar-refractivity contribution in [3.05, 3.63) is 17.0 Å². The van der Waals surface area contributed by atoms with Crippen molar-refractivity contribution >= 4 is 23.1 Å². The van der Waals surface area contributed by atoms with Crippen molar-refractivity contribution in [2.75, 3.05) is 25.4 Å². The lowest BCUT2D eigenvalue weighted by atomic mass is 9.99. The topological polar surface area (TPSA) is 23.5 Å². The monoisotopic (exact) mass is 313 g/mol. The first-order valence-corrected chi connectivity index (χ1v) is 9.62. The molecule has 1 N–H and O–H groups in total. The van der Waals surface area contributed by atoms with E-state index in [0.29, 0.717) is 0 Å². The summed E-state index contributed by atoms with van der Waals surface area (Å²) in [5.41, 5.74) is 0. The van der Waals surface area contributed by atoms with Crippen LogP contribution in [0.1, 0.15) is 50.5 Å². The number of aliphatic hydroxyl groups is 1. The first-order valence-electron chi connectivity index (χ1n) is 7.82. The molecule has 2 heterocycles. The first-order chi connectivity index (χ1) is 9.69. The van der Waals surface area contributed by atoms with Gasteiger partial charge in [0.2, 0.25) is 0 Å². The maximum Gasteiger partial charge on any atom is 0.0894 e. The fourth-order valence-corrected chi connectivity index (χ4v) is 4.63. The third kappa shape index (κ3) is 5.06. The van der Waals surface area contributed by atoms with Crippen molar-refractivity contribution in [1.82, 2.24) is 4.90 Å². The Balaban J connectivity index is 1.73. The maximum atomic E-state index is 10.3. The summed E-state index contributed by atoms with van der Waals surface area (Å²) in [6, 6.07) is 4.26. The molecule has 0 aromatic carbocycles. The number of aliphatic hydroxyl groups excluding tert-OH is 1. The number of piperidine rings is 1. The molecular weight excluding hydrogens is 286 g/mol. The fourth-order valence-electron chi connectivity index (χ4n) is 2.53. The molecule has 0 bridgehead atoms. The summed E-state index contributed by atoms with van der Waals surface area (Å²) in [5, 5.41) is 10.3. The van der Waals surface area contributed by atoms with Crippen molar-refractivity contribution in [2.45, 2.75) is 49.8 Å². The number of likely N-dealkylation sites (tertiary alicyclic amines) is 1. The standard InChI is InChI=1S/C16H27NOS2/c1-3-12-19-16-5-4-15(20-16)14(18)8-11-17-9-6-13(2)7-10-17/h4-5,13-14,18H,3,6-12H2,1-2H3. The van der Waals surface area contributed by atoms with Gasteiger partial charge in [-0.25, -0.2) is 0 Å². The second kappa shape index (κ2) is 8.42. The zero-order valence-corrected chi connectivity index (χ0v) is 14.3. The summed E-state index contributed by atoms with van der Waals surface area (Å²) >= 11 is 3.66. The Morgan fingerprint density at radius 3 is 2.85 bits per heavy atom. The van der Waals surface area contributed by atoms with E-state index in [1.54, 1.807) is 11.3 Å². The Bertz CT molecular complexity index is 386. The van der Waals surface area contributed by atoms with E-state index >= 15 is 0 Å². The second-order valence-corrected chi connectivity index (χ2v) is 8.34. The smallest absolute Gasteiger partial charge is 0.0894 e. The molecule has 1 fully saturated rings. The van der Waals surface area contributed by atoms with E-state index in [4.69, 9.17) is 0 Å². The van der Waals surface area contributed by atoms with Crippen LogP contribution in [0.15, 0.2) is 16.3 Å². The molecule has 20 heavy (non-hydrogen) atoms. The zero-order chi connectivity index (χ0) is 14.4. The summed E-state index contributed by atoms with van der Waals surface area (Å²) in [6.45, 7) is 7.98. The van der Waals surface area contributed by atoms with E-state index in [9.17, 15) is 5.11 Å². The van der Waals surface area contributed by atoms with E-state index in [-0.39, 0.29) is 6.10 Å². The Labute approximate surface area is 131 Å². The minimum absolute atomic E-state index is 0.282. The van der Waals surface area contributed by atoms with Gasteiger partial charge in [0.1, 0.15) is 0 Å². The van der Waals surface area contributed by atoms with Crippen molar-refractivity contribution in [3.63, 3.8) is 0 Å². The van der Waals surface area contributed by atoms with E-state index in [1.807, 2.05) is 11.8 Å². The number of thiophene rings is 1. The molecule has 1 aliphatic heterocycles. The summed E-state index contributed by atoms with van der Waals surface area (Å²) in [7, 11) is 0. The molecule has 1 aromatic heterocycles. The van der Waals surface area contributed by atoms with Crippen molar-refractivity contribution < 1.29 is 5.11 Å². The van der Waals surface area contributed by atoms with Crippen molar-refractivity contribution in [2.24, 2.45) is 5.92 Å². The van der Waals surface area contributed by atoms with Crippen LogP contribution in [0, 0.1) is 5.92 Å². The second-order valence-electron chi connectivity index (χ2n) is 5.83. The molecule has 114 valence electrons. The molecule has 1 aromatic rings. The predicted molar refractivity (Wildman–Crippen MR) is 89.7 cm³/mol. The predicted octanol–water partition coefficient (Wildman–Crippen LogP) is 4.41. The molecule has 0 aliphatic carbocycles. The van der Waals surface area contributed by atoms with Gasteiger partial charge in [-0.1, -0.05) is 13.8 Å². The molecule has 0 amide bonds. The van der Waals surface area contributed by atoms with Gasteiger partial charge in [0.05, 0.1) is 10.3 Å². The molecule has 0 saturated carbocycles. The lowest BCUT2D eigenvalue weighted by Gasteiger charge is -2.30. The Kier molecular flexibility index (Phi) is 6.88. The lowest BCUT2D eigenvalue weighted by Crippen LogP contribution is -2.34. The number of hydrogen-bond acceptors (Lipinski definition) is 4. The van der Waals surface area contributed by atoms with Gasteiger partial charge in [-0.2, -0.15) is 0 Å². The van der Waals surface area contributed by atoms with Crippen LogP contribution in [-0.4, -0.2) is 35.4 Å². The van der Waals surface area contributed by atoms with E-state index in [2.05, 4.69) is 30.9 Å². The largest absolute Gasteiger partial charge is 0.388 e. The first kappa shape index (κ1) is 16.3. The number of hydrogen-bond donors (Lipinski definition) is 1. The van der Waals surface area contributed by atoms with E-state index in [0.717, 1.165) is 23.8 Å². The number of nitrogens with zero attached hydrogens (tertiary/aromatic N) is 1. The van der Waals surface area contributed by atoms with Gasteiger partial charge in [-0.05, 0) is 62.6 Å². The van der Waals surface area contributed by atoms with Crippen LogP contribution in [0.5, 0.6) is 0 Å². The average Bonchev–Trinajstić information content (AvgIpc) is 2.93. The fraction of sp³-hybridized carbons (Fsp3) is 0.750. The third-order valence-corrected chi connectivity index (χ3v) is 6.59. The molecule has 1 aliphatic rings. The Hall–Kier alpha value is -0.0300. The molecule has 2 rings (SSSR count). The van der Waals surface area contributed by atoms with E-state index in [1.165, 1.54) is 42.3 Å². The van der Waals surface area contributed by atoms with Gasteiger partial charge in [0, 0.05) is 11.4 Å². The van der Waals surface area contributed by atoms with Crippen LogP contribution >= 0.6 is 23.1 Å². The normalized spacial score (nSPS) is 19.4. The summed E-state index contributed by atoms with van der Waals surface area (Å²) in [6.07, 6.45) is 4.41. The van der Waals surface area contributed by atoms with Crippen LogP contribution in [0.3, 0.4) is 0 Å². The highest BCUT2D eigenvalue weighted by molar-refractivity contribution is 8.01. The van der Waals surface area contributed by atoms with Crippen LogP contribution < -0.4 is 0 Å². The molecule has 4 heteroatoms. The van der Waals surface area contributed by atoms with Crippen LogP contribution in [0.25, 0.3) is 0 Å². The van der Waals surface area contributed by atoms with Gasteiger partial charge in [-0.3, -0.25) is 0 Å². The lowest BCUT2D eigenvalue weighted by molar-refractivity contribution is 0.127. The summed E-state index contributed by atoms with van der Waals surface area (Å²) in [4.78, 5) is 3.64. The number of rotatable bonds is 7. The minimum atomic E-state index is -0.282. The molecule has 1 atom stereocenters. The quantitative estimate of drug-likeness (QED) is 0.754. The minimum Gasteiger partial charge on any atom is -0.388 e. The Morgan fingerprint density at radius 1 is 1.40 bits per heavy atom. The van der Waals surface area contributed by atoms with Gasteiger partial charge < -0.3 is 10.0 Å². The highest BCUT2D eigenvalue weighted by Crippen LogP contribution is 2.32. The van der Waals surface area contributed by atoms with Crippen molar-refractivity contribution in [3.8, 4) is 0 Å². The van der Waals surface area contributed by atoms with Gasteiger partial charge in [0.25, 0.3) is 0 Å². The molecule has 1 saturated heterocycles. The highest BCUT2D eigenvalue weighted by Gasteiger charge is 2.17. The Morgan fingerprint density at radius 2 is 2.15 bits per heavy atom. The maximum absolute atomic E-state index is 10.3. The highest BCUT2D eigenvalue weighted by atomic mass is 32.2. The van der Waals surface area contributed by atoms with Crippen LogP contribution in [0.2, 0.25) is 0 Å². The van der Waals surface area contributed by atoms with Crippen molar-refractivity contribution in [1.29, 1.82) is 0 Å². The zero-order valence-electron chi connectivity index (χ0n) is 12.7.